The van der Waals surface area contributed by atoms with E-state index in [1.807, 2.05) is 6.92 Å². The minimum Gasteiger partial charge on any atom is -0.333 e. The zero-order chi connectivity index (χ0) is 18.7. The van der Waals surface area contributed by atoms with Gasteiger partial charge in [0.2, 0.25) is 0 Å². The van der Waals surface area contributed by atoms with Crippen LogP contribution in [-0.4, -0.2) is 44.9 Å². The fraction of sp³-hybridized carbons (Fsp3) is 0.278. The summed E-state index contributed by atoms with van der Waals surface area (Å²) in [5.74, 6) is -0.168. The molecule has 26 heavy (non-hydrogen) atoms. The fourth-order valence-electron chi connectivity index (χ4n) is 2.87. The van der Waals surface area contributed by atoms with Crippen molar-refractivity contribution >= 4 is 33.2 Å². The van der Waals surface area contributed by atoms with E-state index in [-0.39, 0.29) is 16.8 Å². The van der Waals surface area contributed by atoms with E-state index in [4.69, 9.17) is 11.6 Å². The van der Waals surface area contributed by atoms with Crippen LogP contribution in [0.2, 0.25) is 5.02 Å². The summed E-state index contributed by atoms with van der Waals surface area (Å²) in [6.07, 6.45) is 0. The van der Waals surface area contributed by atoms with E-state index in [2.05, 4.69) is 10.0 Å². The van der Waals surface area contributed by atoms with Gasteiger partial charge in [0.15, 0.2) is 0 Å². The van der Waals surface area contributed by atoms with Crippen molar-refractivity contribution in [2.45, 2.75) is 17.9 Å². The van der Waals surface area contributed by atoms with Crippen molar-refractivity contribution in [1.29, 1.82) is 0 Å². The van der Waals surface area contributed by atoms with E-state index in [0.717, 1.165) is 13.1 Å². The average Bonchev–Trinajstić information content (AvgIpc) is 2.61. The van der Waals surface area contributed by atoms with Gasteiger partial charge in [-0.1, -0.05) is 23.7 Å². The highest BCUT2D eigenvalue weighted by molar-refractivity contribution is 7.92. The van der Waals surface area contributed by atoms with Crippen LogP contribution in [0.5, 0.6) is 0 Å². The monoisotopic (exact) mass is 393 g/mol. The maximum atomic E-state index is 12.8. The van der Waals surface area contributed by atoms with Crippen molar-refractivity contribution in [3.63, 3.8) is 0 Å². The summed E-state index contributed by atoms with van der Waals surface area (Å²) in [7, 11) is -3.82. The minimum atomic E-state index is -3.82. The van der Waals surface area contributed by atoms with Crippen LogP contribution in [0.25, 0.3) is 0 Å². The molecule has 1 aliphatic heterocycles. The third kappa shape index (κ3) is 4.17. The molecule has 1 atom stereocenters. The van der Waals surface area contributed by atoms with Gasteiger partial charge in [-0.15, -0.1) is 0 Å². The highest BCUT2D eigenvalue weighted by Crippen LogP contribution is 2.21. The van der Waals surface area contributed by atoms with Gasteiger partial charge in [-0.25, -0.2) is 8.42 Å². The van der Waals surface area contributed by atoms with Crippen molar-refractivity contribution < 1.29 is 13.2 Å². The number of halogens is 1. The summed E-state index contributed by atoms with van der Waals surface area (Å²) in [6.45, 7) is 4.01. The molecule has 2 N–H and O–H groups in total. The lowest BCUT2D eigenvalue weighted by Gasteiger charge is -2.34. The van der Waals surface area contributed by atoms with Gasteiger partial charge in [0.25, 0.3) is 15.9 Å². The van der Waals surface area contributed by atoms with Crippen LogP contribution in [0, 0.1) is 0 Å². The van der Waals surface area contributed by atoms with Gasteiger partial charge >= 0.3 is 0 Å². The molecular formula is C18H20ClN3O3S. The third-order valence-electron chi connectivity index (χ3n) is 4.23. The first kappa shape index (κ1) is 18.7. The Labute approximate surface area is 158 Å². The lowest BCUT2D eigenvalue weighted by atomic mass is 10.1. The molecular weight excluding hydrogens is 374 g/mol. The van der Waals surface area contributed by atoms with Crippen LogP contribution in [0.3, 0.4) is 0 Å². The Hall–Kier alpha value is -2.09. The largest absolute Gasteiger partial charge is 0.333 e. The zero-order valence-corrected chi connectivity index (χ0v) is 15.8. The first-order chi connectivity index (χ1) is 12.4. The standard InChI is InChI=1S/C18H20ClN3O3S/c1-13-12-20-8-9-22(13)18(23)14-4-2-7-17(10-14)26(24,25)21-16-6-3-5-15(19)11-16/h2-7,10-11,13,20-21H,8-9,12H2,1H3. The Morgan fingerprint density at radius 2 is 2.00 bits per heavy atom. The minimum absolute atomic E-state index is 0.0334. The van der Waals surface area contributed by atoms with Gasteiger partial charge < -0.3 is 10.2 Å². The molecule has 0 bridgehead atoms. The van der Waals surface area contributed by atoms with Crippen molar-refractivity contribution in [2.75, 3.05) is 24.4 Å². The van der Waals surface area contributed by atoms with Crippen LogP contribution < -0.4 is 10.0 Å². The quantitative estimate of drug-likeness (QED) is 0.836. The van der Waals surface area contributed by atoms with E-state index < -0.39 is 10.0 Å². The molecule has 6 nitrogen and oxygen atoms in total. The predicted molar refractivity (Wildman–Crippen MR) is 102 cm³/mol. The molecule has 1 heterocycles. The number of hydrogen-bond acceptors (Lipinski definition) is 4. The summed E-state index contributed by atoms with van der Waals surface area (Å²) in [5.41, 5.74) is 0.720. The van der Waals surface area contributed by atoms with E-state index in [1.165, 1.54) is 18.2 Å². The first-order valence-electron chi connectivity index (χ1n) is 8.27. The highest BCUT2D eigenvalue weighted by Gasteiger charge is 2.25. The Bertz CT molecular complexity index is 917. The molecule has 1 saturated heterocycles. The van der Waals surface area contributed by atoms with Gasteiger partial charge in [-0.2, -0.15) is 0 Å². The van der Waals surface area contributed by atoms with Crippen molar-refractivity contribution in [2.24, 2.45) is 0 Å². The summed E-state index contributed by atoms with van der Waals surface area (Å²) in [6, 6.07) is 12.6. The SMILES string of the molecule is CC1CNCCN1C(=O)c1cccc(S(=O)(=O)Nc2cccc(Cl)c2)c1. The second-order valence-electron chi connectivity index (χ2n) is 6.20. The predicted octanol–water partition coefficient (Wildman–Crippen LogP) is 2.57. The maximum absolute atomic E-state index is 12.8. The van der Waals surface area contributed by atoms with Gasteiger partial charge in [0, 0.05) is 36.3 Å². The smallest absolute Gasteiger partial charge is 0.261 e. The molecule has 2 aromatic carbocycles. The number of nitrogens with zero attached hydrogens (tertiary/aromatic N) is 1. The second-order valence-corrected chi connectivity index (χ2v) is 8.31. The van der Waals surface area contributed by atoms with Crippen LogP contribution in [0.15, 0.2) is 53.4 Å². The number of sulfonamides is 1. The fourth-order valence-corrected chi connectivity index (χ4v) is 4.16. The third-order valence-corrected chi connectivity index (χ3v) is 5.84. The number of carbonyl (C=O) groups is 1. The van der Waals surface area contributed by atoms with E-state index in [9.17, 15) is 13.2 Å². The summed E-state index contributed by atoms with van der Waals surface area (Å²) in [5, 5.41) is 3.66. The summed E-state index contributed by atoms with van der Waals surface area (Å²) >= 11 is 5.90. The molecule has 1 amide bonds. The normalized spacial score (nSPS) is 17.8. The Balaban J connectivity index is 1.85. The lowest BCUT2D eigenvalue weighted by molar-refractivity contribution is 0.0655. The van der Waals surface area contributed by atoms with E-state index in [0.29, 0.717) is 22.8 Å². The second kappa shape index (κ2) is 7.65. The number of rotatable bonds is 4. The van der Waals surface area contributed by atoms with Crippen LogP contribution in [0.1, 0.15) is 17.3 Å². The number of amides is 1. The number of nitrogens with one attached hydrogen (secondary N) is 2. The number of carbonyl (C=O) groups excluding carboxylic acids is 1. The van der Waals surface area contributed by atoms with E-state index >= 15 is 0 Å². The zero-order valence-electron chi connectivity index (χ0n) is 14.3. The molecule has 3 rings (SSSR count). The molecule has 8 heteroatoms. The van der Waals surface area contributed by atoms with Gasteiger partial charge in [0.1, 0.15) is 0 Å². The molecule has 2 aromatic rings. The Morgan fingerprint density at radius 1 is 1.23 bits per heavy atom. The Morgan fingerprint density at radius 3 is 2.73 bits per heavy atom. The molecule has 1 fully saturated rings. The van der Waals surface area contributed by atoms with Crippen molar-refractivity contribution in [3.8, 4) is 0 Å². The molecule has 0 aromatic heterocycles. The summed E-state index contributed by atoms with van der Waals surface area (Å²) in [4.78, 5) is 14.5. The molecule has 0 radical (unpaired) electrons. The average molecular weight is 394 g/mol. The number of piperazine rings is 1. The summed E-state index contributed by atoms with van der Waals surface area (Å²) < 4.78 is 27.8. The van der Waals surface area contributed by atoms with Crippen LogP contribution in [0.4, 0.5) is 5.69 Å². The van der Waals surface area contributed by atoms with Crippen molar-refractivity contribution in [3.05, 3.63) is 59.1 Å². The molecule has 1 unspecified atom stereocenters. The molecule has 0 aliphatic carbocycles. The molecule has 1 aliphatic rings. The number of hydrogen-bond donors (Lipinski definition) is 2. The van der Waals surface area contributed by atoms with Crippen LogP contribution >= 0.6 is 11.6 Å². The number of anilines is 1. The van der Waals surface area contributed by atoms with Gasteiger partial charge in [-0.3, -0.25) is 9.52 Å². The molecule has 0 spiro atoms. The maximum Gasteiger partial charge on any atom is 0.261 e. The van der Waals surface area contributed by atoms with Crippen LogP contribution in [-0.2, 0) is 10.0 Å². The number of benzene rings is 2. The Kier molecular flexibility index (Phi) is 5.50. The van der Waals surface area contributed by atoms with E-state index in [1.54, 1.807) is 35.2 Å². The first-order valence-corrected chi connectivity index (χ1v) is 10.1. The van der Waals surface area contributed by atoms with Crippen molar-refractivity contribution in [1.82, 2.24) is 10.2 Å². The van der Waals surface area contributed by atoms with Gasteiger partial charge in [0.05, 0.1) is 10.6 Å². The van der Waals surface area contributed by atoms with Gasteiger partial charge in [-0.05, 0) is 43.3 Å². The topological polar surface area (TPSA) is 78.5 Å². The highest BCUT2D eigenvalue weighted by atomic mass is 35.5. The molecule has 0 saturated carbocycles. The molecule has 138 valence electrons. The lowest BCUT2D eigenvalue weighted by Crippen LogP contribution is -2.52.